The quantitative estimate of drug-likeness (QED) is 0.879. The molecule has 0 bridgehead atoms. The zero-order valence-corrected chi connectivity index (χ0v) is 12.4. The summed E-state index contributed by atoms with van der Waals surface area (Å²) in [6.45, 7) is 12.3. The van der Waals surface area contributed by atoms with Gasteiger partial charge in [-0.05, 0) is 37.1 Å². The molecular formula is C16H26N2O. The number of morpholine rings is 1. The molecule has 1 heterocycles. The highest BCUT2D eigenvalue weighted by molar-refractivity contribution is 5.29. The van der Waals surface area contributed by atoms with Crippen LogP contribution in [0.1, 0.15) is 23.6 Å². The van der Waals surface area contributed by atoms with Crippen LogP contribution in [0, 0.1) is 13.8 Å². The van der Waals surface area contributed by atoms with Crippen LogP contribution in [0.25, 0.3) is 0 Å². The van der Waals surface area contributed by atoms with Crippen LogP contribution in [-0.4, -0.2) is 43.8 Å². The molecule has 1 aromatic carbocycles. The van der Waals surface area contributed by atoms with E-state index in [0.29, 0.717) is 6.04 Å². The van der Waals surface area contributed by atoms with Crippen molar-refractivity contribution in [1.82, 2.24) is 10.2 Å². The summed E-state index contributed by atoms with van der Waals surface area (Å²) < 4.78 is 5.61. The molecule has 1 atom stereocenters. The molecule has 1 saturated heterocycles. The second-order valence-corrected chi connectivity index (χ2v) is 5.43. The molecule has 0 aliphatic carbocycles. The first-order chi connectivity index (χ1) is 9.20. The monoisotopic (exact) mass is 262 g/mol. The summed E-state index contributed by atoms with van der Waals surface area (Å²) in [5.41, 5.74) is 4.16. The van der Waals surface area contributed by atoms with E-state index in [0.717, 1.165) is 39.4 Å². The van der Waals surface area contributed by atoms with E-state index in [1.807, 2.05) is 0 Å². The van der Waals surface area contributed by atoms with Crippen molar-refractivity contribution in [1.29, 1.82) is 0 Å². The second kappa shape index (κ2) is 7.04. The minimum absolute atomic E-state index is 0.496. The van der Waals surface area contributed by atoms with Crippen molar-refractivity contribution in [3.63, 3.8) is 0 Å². The molecule has 1 aromatic rings. The lowest BCUT2D eigenvalue weighted by atomic mass is 10.1. The number of benzene rings is 1. The molecular weight excluding hydrogens is 236 g/mol. The van der Waals surface area contributed by atoms with Gasteiger partial charge in [0.15, 0.2) is 0 Å². The molecule has 1 fully saturated rings. The Kier molecular flexibility index (Phi) is 5.37. The highest BCUT2D eigenvalue weighted by atomic mass is 16.5. The molecule has 3 heteroatoms. The van der Waals surface area contributed by atoms with Crippen LogP contribution in [0.5, 0.6) is 0 Å². The summed E-state index contributed by atoms with van der Waals surface area (Å²) >= 11 is 0. The average Bonchev–Trinajstić information content (AvgIpc) is 2.42. The Morgan fingerprint density at radius 3 is 2.89 bits per heavy atom. The average molecular weight is 262 g/mol. The zero-order valence-electron chi connectivity index (χ0n) is 12.4. The van der Waals surface area contributed by atoms with Gasteiger partial charge in [-0.1, -0.05) is 25.1 Å². The van der Waals surface area contributed by atoms with Crippen LogP contribution >= 0.6 is 0 Å². The van der Waals surface area contributed by atoms with Crippen LogP contribution in [0.15, 0.2) is 18.2 Å². The van der Waals surface area contributed by atoms with Gasteiger partial charge in [0, 0.05) is 25.7 Å². The summed E-state index contributed by atoms with van der Waals surface area (Å²) in [5.74, 6) is 0. The largest absolute Gasteiger partial charge is 0.378 e. The number of aryl methyl sites for hydroxylation is 2. The number of nitrogens with one attached hydrogen (secondary N) is 1. The maximum absolute atomic E-state index is 5.61. The molecule has 1 aliphatic rings. The van der Waals surface area contributed by atoms with Crippen LogP contribution < -0.4 is 5.32 Å². The van der Waals surface area contributed by atoms with E-state index in [9.17, 15) is 0 Å². The van der Waals surface area contributed by atoms with Crippen molar-refractivity contribution in [2.75, 3.05) is 32.8 Å². The predicted molar refractivity (Wildman–Crippen MR) is 79.5 cm³/mol. The van der Waals surface area contributed by atoms with Crippen molar-refractivity contribution in [2.45, 2.75) is 33.4 Å². The van der Waals surface area contributed by atoms with Crippen molar-refractivity contribution in [3.05, 3.63) is 34.9 Å². The van der Waals surface area contributed by atoms with E-state index in [2.05, 4.69) is 49.2 Å². The predicted octanol–water partition coefficient (Wildman–Crippen LogP) is 2.11. The van der Waals surface area contributed by atoms with Crippen LogP contribution in [0.3, 0.4) is 0 Å². The van der Waals surface area contributed by atoms with Crippen molar-refractivity contribution in [3.8, 4) is 0 Å². The summed E-state index contributed by atoms with van der Waals surface area (Å²) in [4.78, 5) is 2.54. The first-order valence-electron chi connectivity index (χ1n) is 7.29. The van der Waals surface area contributed by atoms with Gasteiger partial charge in [0.2, 0.25) is 0 Å². The van der Waals surface area contributed by atoms with E-state index in [4.69, 9.17) is 4.74 Å². The number of nitrogens with zero attached hydrogens (tertiary/aromatic N) is 1. The number of ether oxygens (including phenoxy) is 1. The van der Waals surface area contributed by atoms with E-state index < -0.39 is 0 Å². The fourth-order valence-electron chi connectivity index (χ4n) is 2.53. The summed E-state index contributed by atoms with van der Waals surface area (Å²) in [6, 6.07) is 7.29. The van der Waals surface area contributed by atoms with Crippen molar-refractivity contribution in [2.24, 2.45) is 0 Å². The fourth-order valence-corrected chi connectivity index (χ4v) is 2.53. The molecule has 0 spiro atoms. The topological polar surface area (TPSA) is 24.5 Å². The van der Waals surface area contributed by atoms with Gasteiger partial charge in [0.25, 0.3) is 0 Å². The van der Waals surface area contributed by atoms with Gasteiger partial charge in [-0.2, -0.15) is 0 Å². The maximum atomic E-state index is 5.61. The third-order valence-electron chi connectivity index (χ3n) is 3.94. The molecule has 0 saturated carbocycles. The fraction of sp³-hybridized carbons (Fsp3) is 0.625. The van der Waals surface area contributed by atoms with E-state index >= 15 is 0 Å². The normalized spacial score (nSPS) is 20.7. The maximum Gasteiger partial charge on any atom is 0.0635 e. The zero-order chi connectivity index (χ0) is 13.7. The third-order valence-corrected chi connectivity index (χ3v) is 3.94. The van der Waals surface area contributed by atoms with Gasteiger partial charge in [0.05, 0.1) is 13.2 Å². The van der Waals surface area contributed by atoms with Crippen LogP contribution in [-0.2, 0) is 11.3 Å². The summed E-state index contributed by atoms with van der Waals surface area (Å²) in [7, 11) is 0. The summed E-state index contributed by atoms with van der Waals surface area (Å²) in [6.07, 6.45) is 0. The van der Waals surface area contributed by atoms with Crippen molar-refractivity contribution >= 4 is 0 Å². The Morgan fingerprint density at radius 1 is 1.32 bits per heavy atom. The lowest BCUT2D eigenvalue weighted by Crippen LogP contribution is -2.49. The smallest absolute Gasteiger partial charge is 0.0635 e. The number of rotatable bonds is 5. The molecule has 0 radical (unpaired) electrons. The Bertz CT molecular complexity index is 406. The Morgan fingerprint density at radius 2 is 2.16 bits per heavy atom. The second-order valence-electron chi connectivity index (χ2n) is 5.43. The summed E-state index contributed by atoms with van der Waals surface area (Å²) in [5, 5.41) is 3.43. The molecule has 1 N–H and O–H groups in total. The SMILES string of the molecule is CCNCC1COCCN1Cc1ccc(C)c(C)c1. The first-order valence-corrected chi connectivity index (χ1v) is 7.29. The Labute approximate surface area is 116 Å². The molecule has 0 amide bonds. The molecule has 106 valence electrons. The van der Waals surface area contributed by atoms with Gasteiger partial charge in [-0.15, -0.1) is 0 Å². The number of likely N-dealkylation sites (N-methyl/N-ethyl adjacent to an activating group) is 1. The van der Waals surface area contributed by atoms with Gasteiger partial charge in [0.1, 0.15) is 0 Å². The molecule has 2 rings (SSSR count). The molecule has 0 aromatic heterocycles. The first kappa shape index (κ1) is 14.5. The minimum atomic E-state index is 0.496. The highest BCUT2D eigenvalue weighted by Gasteiger charge is 2.22. The molecule has 3 nitrogen and oxygen atoms in total. The molecule has 1 unspecified atom stereocenters. The standard InChI is InChI=1S/C16H26N2O/c1-4-17-10-16-12-19-8-7-18(16)11-15-6-5-13(2)14(3)9-15/h5-6,9,16-17H,4,7-8,10-12H2,1-3H3. The van der Waals surface area contributed by atoms with E-state index in [-0.39, 0.29) is 0 Å². The van der Waals surface area contributed by atoms with Crippen LogP contribution in [0.4, 0.5) is 0 Å². The minimum Gasteiger partial charge on any atom is -0.378 e. The molecule has 1 aliphatic heterocycles. The number of hydrogen-bond donors (Lipinski definition) is 1. The Hall–Kier alpha value is -0.900. The lowest BCUT2D eigenvalue weighted by Gasteiger charge is -2.35. The Balaban J connectivity index is 1.99. The lowest BCUT2D eigenvalue weighted by molar-refractivity contribution is -0.0107. The van der Waals surface area contributed by atoms with Gasteiger partial charge in [-0.25, -0.2) is 0 Å². The third kappa shape index (κ3) is 4.03. The van der Waals surface area contributed by atoms with Gasteiger partial charge >= 0.3 is 0 Å². The van der Waals surface area contributed by atoms with Crippen molar-refractivity contribution < 1.29 is 4.74 Å². The highest BCUT2D eigenvalue weighted by Crippen LogP contribution is 2.15. The van der Waals surface area contributed by atoms with E-state index in [1.54, 1.807) is 0 Å². The van der Waals surface area contributed by atoms with Gasteiger partial charge in [-0.3, -0.25) is 4.90 Å². The van der Waals surface area contributed by atoms with E-state index in [1.165, 1.54) is 16.7 Å². The molecule has 19 heavy (non-hydrogen) atoms. The number of hydrogen-bond acceptors (Lipinski definition) is 3. The van der Waals surface area contributed by atoms with Gasteiger partial charge < -0.3 is 10.1 Å². The van der Waals surface area contributed by atoms with Crippen LogP contribution in [0.2, 0.25) is 0 Å².